The molecule has 1 aromatic carbocycles. The summed E-state index contributed by atoms with van der Waals surface area (Å²) in [5, 5.41) is 3.26. The van der Waals surface area contributed by atoms with Crippen LogP contribution in [0.5, 0.6) is 0 Å². The van der Waals surface area contributed by atoms with Crippen molar-refractivity contribution in [2.45, 2.75) is 18.9 Å². The lowest BCUT2D eigenvalue weighted by molar-refractivity contribution is -0.125. The molecular formula is C16H15ClFNO5S2. The number of fused-ring (bicyclic) bond motifs is 1. The molecule has 2 heterocycles. The van der Waals surface area contributed by atoms with Gasteiger partial charge in [-0.15, -0.1) is 11.3 Å². The van der Waals surface area contributed by atoms with Gasteiger partial charge in [-0.05, 0) is 31.5 Å². The molecule has 1 N–H and O–H groups in total. The van der Waals surface area contributed by atoms with E-state index in [1.807, 2.05) is 0 Å². The van der Waals surface area contributed by atoms with Gasteiger partial charge in [0.1, 0.15) is 10.7 Å². The molecule has 1 aliphatic heterocycles. The largest absolute Gasteiger partial charge is 0.451 e. The molecule has 1 fully saturated rings. The molecule has 1 saturated heterocycles. The molecule has 140 valence electrons. The Kier molecular flexibility index (Phi) is 4.98. The number of benzene rings is 1. The number of hydrogen-bond donors (Lipinski definition) is 1. The lowest BCUT2D eigenvalue weighted by Crippen LogP contribution is -2.48. The highest BCUT2D eigenvalue weighted by Crippen LogP contribution is 2.36. The Labute approximate surface area is 158 Å². The summed E-state index contributed by atoms with van der Waals surface area (Å²) < 4.78 is 41.8. The van der Waals surface area contributed by atoms with Crippen LogP contribution in [0.4, 0.5) is 4.39 Å². The second-order valence-corrected chi connectivity index (χ2v) is 10.0. The highest BCUT2D eigenvalue weighted by Gasteiger charge is 2.39. The first kappa shape index (κ1) is 19.1. The zero-order valence-electron chi connectivity index (χ0n) is 13.7. The van der Waals surface area contributed by atoms with Crippen LogP contribution < -0.4 is 5.32 Å². The molecule has 0 saturated carbocycles. The van der Waals surface area contributed by atoms with Crippen molar-refractivity contribution in [2.24, 2.45) is 0 Å². The minimum Gasteiger partial charge on any atom is -0.451 e. The summed E-state index contributed by atoms with van der Waals surface area (Å²) in [4.78, 5) is 24.2. The molecule has 6 nitrogen and oxygen atoms in total. The fourth-order valence-corrected chi connectivity index (χ4v) is 6.37. The first-order valence-electron chi connectivity index (χ1n) is 7.65. The third kappa shape index (κ3) is 3.99. The van der Waals surface area contributed by atoms with Gasteiger partial charge in [-0.2, -0.15) is 0 Å². The Morgan fingerprint density at radius 3 is 2.81 bits per heavy atom. The normalized spacial score (nSPS) is 21.7. The van der Waals surface area contributed by atoms with Crippen LogP contribution in [-0.2, 0) is 19.4 Å². The van der Waals surface area contributed by atoms with Gasteiger partial charge in [0.25, 0.3) is 5.91 Å². The van der Waals surface area contributed by atoms with Crippen molar-refractivity contribution in [3.8, 4) is 0 Å². The molecule has 2 aromatic rings. The molecular weight excluding hydrogens is 405 g/mol. The molecule has 0 aliphatic carbocycles. The third-order valence-electron chi connectivity index (χ3n) is 4.06. The van der Waals surface area contributed by atoms with E-state index < -0.39 is 39.7 Å². The van der Waals surface area contributed by atoms with Gasteiger partial charge in [-0.1, -0.05) is 11.6 Å². The molecule has 1 aliphatic rings. The van der Waals surface area contributed by atoms with Gasteiger partial charge >= 0.3 is 5.97 Å². The van der Waals surface area contributed by atoms with E-state index in [2.05, 4.69) is 5.32 Å². The van der Waals surface area contributed by atoms with Crippen LogP contribution in [-0.4, -0.2) is 43.9 Å². The van der Waals surface area contributed by atoms with Gasteiger partial charge in [-0.3, -0.25) is 4.79 Å². The van der Waals surface area contributed by atoms with Gasteiger partial charge in [0.2, 0.25) is 0 Å². The summed E-state index contributed by atoms with van der Waals surface area (Å²) in [5.74, 6) is -1.98. The minimum absolute atomic E-state index is 0.0114. The number of carbonyl (C=O) groups is 2. The van der Waals surface area contributed by atoms with Crippen LogP contribution in [0, 0.1) is 5.82 Å². The average molecular weight is 420 g/mol. The molecule has 1 amide bonds. The van der Waals surface area contributed by atoms with Crippen LogP contribution in [0.1, 0.15) is 23.0 Å². The van der Waals surface area contributed by atoms with Crippen LogP contribution >= 0.6 is 22.9 Å². The highest BCUT2D eigenvalue weighted by molar-refractivity contribution is 7.91. The standard InChI is InChI=1S/C16H15ClFNO5S2/c1-16(4-5-26(22,23)8-16)19-12(20)7-24-15(21)14-13(17)10-3-2-9(18)6-11(10)25-14/h2-3,6H,4-5,7-8H2,1H3,(H,19,20)/t16-/m0/s1. The maximum Gasteiger partial charge on any atom is 0.350 e. The first-order chi connectivity index (χ1) is 12.1. The number of hydrogen-bond acceptors (Lipinski definition) is 6. The number of thiophene rings is 1. The summed E-state index contributed by atoms with van der Waals surface area (Å²) >= 11 is 7.10. The summed E-state index contributed by atoms with van der Waals surface area (Å²) in [6, 6.07) is 3.96. The van der Waals surface area contributed by atoms with Crippen molar-refractivity contribution in [3.05, 3.63) is 33.9 Å². The molecule has 0 unspecified atom stereocenters. The number of halogens is 2. The van der Waals surface area contributed by atoms with Crippen LogP contribution in [0.3, 0.4) is 0 Å². The van der Waals surface area contributed by atoms with E-state index >= 15 is 0 Å². The molecule has 1 aromatic heterocycles. The second-order valence-electron chi connectivity index (χ2n) is 6.41. The highest BCUT2D eigenvalue weighted by atomic mass is 35.5. The topological polar surface area (TPSA) is 89.5 Å². The Bertz CT molecular complexity index is 1000. The van der Waals surface area contributed by atoms with Crippen molar-refractivity contribution in [2.75, 3.05) is 18.1 Å². The molecule has 3 rings (SSSR count). The van der Waals surface area contributed by atoms with E-state index in [4.69, 9.17) is 16.3 Å². The van der Waals surface area contributed by atoms with Crippen molar-refractivity contribution in [3.63, 3.8) is 0 Å². The van der Waals surface area contributed by atoms with E-state index in [9.17, 15) is 22.4 Å². The Morgan fingerprint density at radius 2 is 2.15 bits per heavy atom. The number of esters is 1. The lowest BCUT2D eigenvalue weighted by atomic mass is 10.0. The van der Waals surface area contributed by atoms with Crippen molar-refractivity contribution in [1.82, 2.24) is 5.32 Å². The summed E-state index contributed by atoms with van der Waals surface area (Å²) in [5.41, 5.74) is -0.866. The Balaban J connectivity index is 1.64. The zero-order valence-corrected chi connectivity index (χ0v) is 16.1. The fraction of sp³-hybridized carbons (Fsp3) is 0.375. The van der Waals surface area contributed by atoms with Crippen LogP contribution in [0.15, 0.2) is 18.2 Å². The summed E-state index contributed by atoms with van der Waals surface area (Å²) in [7, 11) is -3.17. The fourth-order valence-electron chi connectivity index (χ4n) is 2.85. The van der Waals surface area contributed by atoms with Gasteiger partial charge in [0, 0.05) is 10.1 Å². The van der Waals surface area contributed by atoms with Crippen LogP contribution in [0.25, 0.3) is 10.1 Å². The van der Waals surface area contributed by atoms with Crippen molar-refractivity contribution < 1.29 is 27.1 Å². The van der Waals surface area contributed by atoms with E-state index in [1.165, 1.54) is 18.2 Å². The van der Waals surface area contributed by atoms with Gasteiger partial charge in [0.05, 0.1) is 22.1 Å². The molecule has 1 atom stereocenters. The van der Waals surface area contributed by atoms with Gasteiger partial charge in [-0.25, -0.2) is 17.6 Å². The van der Waals surface area contributed by atoms with Gasteiger partial charge in [0.15, 0.2) is 16.4 Å². The van der Waals surface area contributed by atoms with E-state index in [-0.39, 0.29) is 21.4 Å². The van der Waals surface area contributed by atoms with Crippen molar-refractivity contribution >= 4 is 54.7 Å². The van der Waals surface area contributed by atoms with Crippen molar-refractivity contribution in [1.29, 1.82) is 0 Å². The number of amides is 1. The number of nitrogens with one attached hydrogen (secondary N) is 1. The Morgan fingerprint density at radius 1 is 1.42 bits per heavy atom. The monoisotopic (exact) mass is 419 g/mol. The number of ether oxygens (including phenoxy) is 1. The zero-order chi connectivity index (χ0) is 19.1. The smallest absolute Gasteiger partial charge is 0.350 e. The van der Waals surface area contributed by atoms with E-state index in [0.717, 1.165) is 11.3 Å². The van der Waals surface area contributed by atoms with E-state index in [1.54, 1.807) is 6.92 Å². The number of rotatable bonds is 4. The predicted molar refractivity (Wildman–Crippen MR) is 96.9 cm³/mol. The van der Waals surface area contributed by atoms with E-state index in [0.29, 0.717) is 16.5 Å². The maximum absolute atomic E-state index is 13.3. The lowest BCUT2D eigenvalue weighted by Gasteiger charge is -2.23. The first-order valence-corrected chi connectivity index (χ1v) is 10.7. The second kappa shape index (κ2) is 6.79. The molecule has 0 radical (unpaired) electrons. The SMILES string of the molecule is C[C@]1(NC(=O)COC(=O)c2sc3cc(F)ccc3c2Cl)CCS(=O)(=O)C1. The molecule has 26 heavy (non-hydrogen) atoms. The summed E-state index contributed by atoms with van der Waals surface area (Å²) in [6.07, 6.45) is 0.308. The van der Waals surface area contributed by atoms with Gasteiger partial charge < -0.3 is 10.1 Å². The third-order valence-corrected chi connectivity index (χ3v) is 7.60. The molecule has 10 heteroatoms. The molecule has 0 bridgehead atoms. The average Bonchev–Trinajstić information content (AvgIpc) is 3.01. The molecule has 0 spiro atoms. The summed E-state index contributed by atoms with van der Waals surface area (Å²) in [6.45, 7) is 1.07. The predicted octanol–water partition coefficient (Wildman–Crippen LogP) is 2.54. The quantitative estimate of drug-likeness (QED) is 0.769. The number of carbonyl (C=O) groups excluding carboxylic acids is 2. The van der Waals surface area contributed by atoms with Crippen LogP contribution in [0.2, 0.25) is 5.02 Å². The maximum atomic E-state index is 13.3. The minimum atomic E-state index is -3.17. The number of sulfone groups is 1. The Hall–Kier alpha value is -1.71.